The van der Waals surface area contributed by atoms with Gasteiger partial charge in [-0.3, -0.25) is 0 Å². The Kier molecular flexibility index (Phi) is 4.47. The van der Waals surface area contributed by atoms with E-state index in [-0.39, 0.29) is 18.6 Å². The summed E-state index contributed by atoms with van der Waals surface area (Å²) >= 11 is 0. The van der Waals surface area contributed by atoms with Crippen molar-refractivity contribution < 1.29 is 13.9 Å². The van der Waals surface area contributed by atoms with Crippen LogP contribution >= 0.6 is 0 Å². The van der Waals surface area contributed by atoms with Gasteiger partial charge in [0.2, 0.25) is 0 Å². The molecule has 0 spiro atoms. The lowest BCUT2D eigenvalue weighted by atomic mass is 10.1. The Bertz CT molecular complexity index is 916. The molecular weight excluding hydrogens is 352 g/mol. The van der Waals surface area contributed by atoms with Crippen molar-refractivity contribution in [2.24, 2.45) is 0 Å². The maximum absolute atomic E-state index is 14.0. The van der Waals surface area contributed by atoms with Crippen molar-refractivity contribution in [2.45, 2.75) is 31.2 Å². The largest absolute Gasteiger partial charge is 0.507 e. The van der Waals surface area contributed by atoms with Crippen molar-refractivity contribution in [1.29, 1.82) is 0 Å². The first-order chi connectivity index (χ1) is 13.0. The molecule has 140 valence electrons. The van der Waals surface area contributed by atoms with Crippen LogP contribution in [-0.4, -0.2) is 50.3 Å². The number of phenolic OH excluding ortho intramolecular Hbond substituents is 1. The van der Waals surface area contributed by atoms with E-state index in [2.05, 4.69) is 15.2 Å². The second-order valence-corrected chi connectivity index (χ2v) is 6.71. The van der Waals surface area contributed by atoms with E-state index < -0.39 is 18.4 Å². The van der Waals surface area contributed by atoms with Crippen molar-refractivity contribution in [1.82, 2.24) is 19.7 Å². The molecule has 0 bridgehead atoms. The standard InChI is InChI=1S/C19H19F2N5O/c1-25(17-9-12(20)8-15(17)21)19-5-4-16(23-24-19)14-3-2-13(10-18(14)27)26-7-6-22-11-26/h2-7,10-12,15,17,27H,8-9H2,1H3/t12-,15+,17+/m0/s1. The van der Waals surface area contributed by atoms with E-state index in [9.17, 15) is 13.9 Å². The number of halogens is 2. The minimum absolute atomic E-state index is 0.0662. The van der Waals surface area contributed by atoms with Crippen LogP contribution in [0.1, 0.15) is 12.8 Å². The topological polar surface area (TPSA) is 67.1 Å². The molecule has 27 heavy (non-hydrogen) atoms. The molecule has 0 unspecified atom stereocenters. The number of imidazole rings is 1. The highest BCUT2D eigenvalue weighted by Crippen LogP contribution is 2.32. The maximum Gasteiger partial charge on any atom is 0.151 e. The Labute approximate surface area is 155 Å². The Hall–Kier alpha value is -3.03. The number of hydrogen-bond donors (Lipinski definition) is 1. The van der Waals surface area contributed by atoms with E-state index in [1.807, 2.05) is 6.07 Å². The molecule has 0 aliphatic heterocycles. The van der Waals surface area contributed by atoms with Crippen LogP contribution in [0.2, 0.25) is 0 Å². The van der Waals surface area contributed by atoms with Crippen LogP contribution in [0.5, 0.6) is 5.75 Å². The van der Waals surface area contributed by atoms with Crippen molar-refractivity contribution in [2.75, 3.05) is 11.9 Å². The molecular formula is C19H19F2N5O. The molecule has 0 saturated heterocycles. The van der Waals surface area contributed by atoms with Crippen LogP contribution in [0.25, 0.3) is 16.9 Å². The maximum atomic E-state index is 14.0. The lowest BCUT2D eigenvalue weighted by Gasteiger charge is -2.26. The van der Waals surface area contributed by atoms with Gasteiger partial charge in [-0.15, -0.1) is 10.2 Å². The zero-order valence-corrected chi connectivity index (χ0v) is 14.7. The van der Waals surface area contributed by atoms with Gasteiger partial charge in [0, 0.05) is 43.9 Å². The molecule has 1 saturated carbocycles. The van der Waals surface area contributed by atoms with Gasteiger partial charge in [0.05, 0.1) is 23.8 Å². The van der Waals surface area contributed by atoms with Crippen molar-refractivity contribution in [3.05, 3.63) is 49.1 Å². The van der Waals surface area contributed by atoms with Gasteiger partial charge in [-0.25, -0.2) is 13.8 Å². The summed E-state index contributed by atoms with van der Waals surface area (Å²) in [6.07, 6.45) is 2.82. The Balaban J connectivity index is 1.55. The molecule has 0 amide bonds. The summed E-state index contributed by atoms with van der Waals surface area (Å²) < 4.78 is 29.2. The number of rotatable bonds is 4. The van der Waals surface area contributed by atoms with Crippen LogP contribution in [0.4, 0.5) is 14.6 Å². The molecule has 3 atom stereocenters. The smallest absolute Gasteiger partial charge is 0.151 e. The third-order valence-electron chi connectivity index (χ3n) is 4.96. The molecule has 1 fully saturated rings. The van der Waals surface area contributed by atoms with Gasteiger partial charge >= 0.3 is 0 Å². The molecule has 1 N–H and O–H groups in total. The molecule has 8 heteroatoms. The van der Waals surface area contributed by atoms with Gasteiger partial charge in [-0.05, 0) is 24.3 Å². The molecule has 3 aromatic rings. The predicted octanol–water partition coefficient (Wildman–Crippen LogP) is 3.31. The van der Waals surface area contributed by atoms with Gasteiger partial charge in [0.15, 0.2) is 5.82 Å². The van der Waals surface area contributed by atoms with E-state index in [0.29, 0.717) is 17.1 Å². The molecule has 2 aromatic heterocycles. The second-order valence-electron chi connectivity index (χ2n) is 6.71. The number of alkyl halides is 2. The first kappa shape index (κ1) is 17.4. The summed E-state index contributed by atoms with van der Waals surface area (Å²) in [6.45, 7) is 0. The number of aromatic nitrogens is 4. The monoisotopic (exact) mass is 371 g/mol. The number of phenols is 1. The fraction of sp³-hybridized carbons (Fsp3) is 0.316. The average molecular weight is 371 g/mol. The lowest BCUT2D eigenvalue weighted by molar-refractivity contribution is 0.283. The molecule has 1 aromatic carbocycles. The third kappa shape index (κ3) is 3.34. The highest BCUT2D eigenvalue weighted by atomic mass is 19.1. The van der Waals surface area contributed by atoms with Crippen LogP contribution < -0.4 is 4.90 Å². The second kappa shape index (κ2) is 6.94. The zero-order chi connectivity index (χ0) is 19.0. The molecule has 4 rings (SSSR count). The molecule has 0 radical (unpaired) electrons. The fourth-order valence-electron chi connectivity index (χ4n) is 3.44. The summed E-state index contributed by atoms with van der Waals surface area (Å²) in [5, 5.41) is 18.6. The Morgan fingerprint density at radius 3 is 2.59 bits per heavy atom. The van der Waals surface area contributed by atoms with E-state index in [1.165, 1.54) is 0 Å². The van der Waals surface area contributed by atoms with Gasteiger partial charge in [0.1, 0.15) is 18.1 Å². The van der Waals surface area contributed by atoms with E-state index in [4.69, 9.17) is 0 Å². The zero-order valence-electron chi connectivity index (χ0n) is 14.7. The van der Waals surface area contributed by atoms with Gasteiger partial charge < -0.3 is 14.6 Å². The van der Waals surface area contributed by atoms with E-state index >= 15 is 0 Å². The summed E-state index contributed by atoms with van der Waals surface area (Å²) in [7, 11) is 1.69. The number of anilines is 1. The molecule has 2 heterocycles. The average Bonchev–Trinajstić information content (AvgIpc) is 3.31. The lowest BCUT2D eigenvalue weighted by Crippen LogP contribution is -2.36. The highest BCUT2D eigenvalue weighted by molar-refractivity contribution is 5.69. The normalized spacial score (nSPS) is 22.1. The Morgan fingerprint density at radius 1 is 1.15 bits per heavy atom. The van der Waals surface area contributed by atoms with Crippen LogP contribution in [0.15, 0.2) is 49.1 Å². The van der Waals surface area contributed by atoms with Crippen LogP contribution in [-0.2, 0) is 0 Å². The third-order valence-corrected chi connectivity index (χ3v) is 4.96. The number of hydrogen-bond acceptors (Lipinski definition) is 5. The van der Waals surface area contributed by atoms with Crippen molar-refractivity contribution >= 4 is 5.82 Å². The van der Waals surface area contributed by atoms with Crippen molar-refractivity contribution in [3.8, 4) is 22.7 Å². The fourth-order valence-corrected chi connectivity index (χ4v) is 3.44. The highest BCUT2D eigenvalue weighted by Gasteiger charge is 2.37. The van der Waals surface area contributed by atoms with Crippen LogP contribution in [0, 0.1) is 0 Å². The first-order valence-corrected chi connectivity index (χ1v) is 8.69. The van der Waals surface area contributed by atoms with Crippen molar-refractivity contribution in [3.63, 3.8) is 0 Å². The number of aromatic hydroxyl groups is 1. The quantitative estimate of drug-likeness (QED) is 0.762. The first-order valence-electron chi connectivity index (χ1n) is 8.69. The van der Waals surface area contributed by atoms with E-state index in [1.54, 1.807) is 59.5 Å². The van der Waals surface area contributed by atoms with E-state index in [0.717, 1.165) is 5.69 Å². The van der Waals surface area contributed by atoms with Gasteiger partial charge in [-0.2, -0.15) is 0 Å². The minimum atomic E-state index is -1.22. The molecule has 6 nitrogen and oxygen atoms in total. The summed E-state index contributed by atoms with van der Waals surface area (Å²) in [4.78, 5) is 5.61. The minimum Gasteiger partial charge on any atom is -0.507 e. The predicted molar refractivity (Wildman–Crippen MR) is 97.5 cm³/mol. The summed E-state index contributed by atoms with van der Waals surface area (Å²) in [5.41, 5.74) is 1.80. The molecule has 1 aliphatic rings. The SMILES string of the molecule is CN(c1ccc(-c2ccc(-n3ccnc3)cc2O)nn1)[C@@H]1C[C@@H](F)C[C@H]1F. The van der Waals surface area contributed by atoms with Gasteiger partial charge in [-0.1, -0.05) is 0 Å². The van der Waals surface area contributed by atoms with Crippen LogP contribution in [0.3, 0.4) is 0 Å². The summed E-state index contributed by atoms with van der Waals surface area (Å²) in [6, 6.07) is 8.07. The van der Waals surface area contributed by atoms with Gasteiger partial charge in [0.25, 0.3) is 0 Å². The number of nitrogens with zero attached hydrogens (tertiary/aromatic N) is 5. The number of benzene rings is 1. The Morgan fingerprint density at radius 2 is 2.00 bits per heavy atom. The molecule has 1 aliphatic carbocycles. The summed E-state index contributed by atoms with van der Waals surface area (Å²) in [5.74, 6) is 0.534.